The number of hydrogen-bond acceptors (Lipinski definition) is 10. The Labute approximate surface area is 298 Å². The van der Waals surface area contributed by atoms with Crippen LogP contribution in [0.1, 0.15) is 89.6 Å². The largest absolute Gasteiger partial charge is 0.475 e. The van der Waals surface area contributed by atoms with Gasteiger partial charge in [-0.05, 0) is 61.1 Å². The zero-order chi connectivity index (χ0) is 39.3. The number of hydrogen-bond donors (Lipinski definition) is 11. The lowest BCUT2D eigenvalue weighted by molar-refractivity contribution is -0.130. The molecular formula is C30H53BN4O14P2. The predicted octanol–water partition coefficient (Wildman–Crippen LogP) is 0.913. The third kappa shape index (κ3) is 15.7. The van der Waals surface area contributed by atoms with Gasteiger partial charge in [0.05, 0.1) is 5.94 Å². The average molecular weight is 767 g/mol. The van der Waals surface area contributed by atoms with Gasteiger partial charge in [-0.1, -0.05) is 53.7 Å². The summed E-state index contributed by atoms with van der Waals surface area (Å²) in [7, 11) is -13.0. The fraction of sp³-hybridized carbons (Fsp3) is 0.667. The molecule has 0 aliphatic carbocycles. The second kappa shape index (κ2) is 20.4. The van der Waals surface area contributed by atoms with Gasteiger partial charge in [-0.2, -0.15) is 0 Å². The van der Waals surface area contributed by atoms with Crippen LogP contribution in [0.5, 0.6) is 0 Å². The summed E-state index contributed by atoms with van der Waals surface area (Å²) in [6.07, 6.45) is -1.52. The van der Waals surface area contributed by atoms with E-state index in [4.69, 9.17) is 4.74 Å². The first-order valence-corrected chi connectivity index (χ1v) is 19.7. The van der Waals surface area contributed by atoms with Gasteiger partial charge in [0.25, 0.3) is 11.0 Å². The molecule has 11 N–H and O–H groups in total. The maximum absolute atomic E-state index is 13.3. The Morgan fingerprint density at radius 3 is 1.69 bits per heavy atom. The van der Waals surface area contributed by atoms with Gasteiger partial charge in [0.15, 0.2) is 0 Å². The Kier molecular flexibility index (Phi) is 18.5. The minimum atomic E-state index is -5.60. The number of carbonyl (C=O) groups excluding carboxylic acids is 4. The van der Waals surface area contributed by atoms with Gasteiger partial charge < -0.3 is 60.7 Å². The first-order chi connectivity index (χ1) is 23.4. The van der Waals surface area contributed by atoms with Crippen molar-refractivity contribution in [2.75, 3.05) is 6.54 Å². The van der Waals surface area contributed by atoms with Crippen LogP contribution in [0.3, 0.4) is 0 Å². The lowest BCUT2D eigenvalue weighted by Crippen LogP contribution is -2.57. The molecule has 0 aromatic heterocycles. The maximum atomic E-state index is 13.3. The smallest absolute Gasteiger partial charge is 0.445 e. The number of amides is 4. The number of benzene rings is 1. The molecule has 4 amide bonds. The predicted molar refractivity (Wildman–Crippen MR) is 187 cm³/mol. The van der Waals surface area contributed by atoms with E-state index in [2.05, 4.69) is 21.3 Å². The van der Waals surface area contributed by atoms with E-state index < -0.39 is 75.7 Å². The van der Waals surface area contributed by atoms with Crippen LogP contribution < -0.4 is 21.3 Å². The minimum Gasteiger partial charge on any atom is -0.445 e. The van der Waals surface area contributed by atoms with Crippen LogP contribution in [0.25, 0.3) is 0 Å². The van der Waals surface area contributed by atoms with Crippen LogP contribution >= 0.6 is 15.2 Å². The molecule has 290 valence electrons. The summed E-state index contributed by atoms with van der Waals surface area (Å²) < 4.78 is 28.2. The van der Waals surface area contributed by atoms with Crippen molar-refractivity contribution in [3.8, 4) is 0 Å². The summed E-state index contributed by atoms with van der Waals surface area (Å²) in [5.41, 5.74) is 0.608. The average Bonchev–Trinajstić information content (AvgIpc) is 2.99. The third-order valence-corrected chi connectivity index (χ3v) is 11.4. The van der Waals surface area contributed by atoms with E-state index in [1.165, 1.54) is 24.3 Å². The standard InChI is InChI=1S/C30H53BN4O14P2/c1-18(2)14-23(28(38)35-25(31(41)42)16-20(5)6)33-27(37)24(15-19(3)4)34-29(39)49-17-21-8-10-22(11-9-21)26(36)32-13-7-12-30(40,50(43,44)45)51(46,47)48/h8-11,18-20,23-25,40-42H,7,12-17H2,1-6H3,(H,32,36)(H,33,37)(H,34,39)(H,35,38)(H2,43,44,45)(H2,46,47,48)/t23-,24-,25-/m0/s1. The molecule has 0 bridgehead atoms. The second-order valence-corrected chi connectivity index (χ2v) is 17.7. The third-order valence-electron chi connectivity index (χ3n) is 7.56. The summed E-state index contributed by atoms with van der Waals surface area (Å²) in [4.78, 5) is 88.4. The molecule has 51 heavy (non-hydrogen) atoms. The fourth-order valence-electron chi connectivity index (χ4n) is 4.90. The lowest BCUT2D eigenvalue weighted by atomic mass is 9.75. The molecule has 18 nitrogen and oxygen atoms in total. The van der Waals surface area contributed by atoms with E-state index in [0.29, 0.717) is 12.0 Å². The van der Waals surface area contributed by atoms with Crippen LogP contribution in [-0.2, 0) is 30.1 Å². The molecule has 0 unspecified atom stereocenters. The molecular weight excluding hydrogens is 713 g/mol. The number of aliphatic hydroxyl groups is 1. The summed E-state index contributed by atoms with van der Waals surface area (Å²) in [5.74, 6) is -2.80. The van der Waals surface area contributed by atoms with Gasteiger partial charge in [0, 0.05) is 18.5 Å². The van der Waals surface area contributed by atoms with Crippen molar-refractivity contribution in [1.29, 1.82) is 0 Å². The Hall–Kier alpha value is -2.86. The van der Waals surface area contributed by atoms with Crippen molar-refractivity contribution in [2.24, 2.45) is 17.8 Å². The van der Waals surface area contributed by atoms with E-state index in [-0.39, 0.29) is 55.7 Å². The van der Waals surface area contributed by atoms with Crippen molar-refractivity contribution in [1.82, 2.24) is 21.3 Å². The first-order valence-electron chi connectivity index (χ1n) is 16.5. The molecule has 0 fully saturated rings. The minimum absolute atomic E-state index is 0.0137. The lowest BCUT2D eigenvalue weighted by Gasteiger charge is -2.29. The van der Waals surface area contributed by atoms with E-state index in [9.17, 15) is 63.0 Å². The normalized spacial score (nSPS) is 14.1. The van der Waals surface area contributed by atoms with Crippen LogP contribution in [-0.4, -0.2) is 95.3 Å². The van der Waals surface area contributed by atoms with Crippen molar-refractivity contribution in [3.05, 3.63) is 35.4 Å². The molecule has 0 heterocycles. The zero-order valence-corrected chi connectivity index (χ0v) is 31.5. The second-order valence-electron chi connectivity index (χ2n) is 13.7. The van der Waals surface area contributed by atoms with Crippen molar-refractivity contribution < 1.29 is 67.8 Å². The fourth-order valence-corrected chi connectivity index (χ4v) is 7.16. The Balaban J connectivity index is 2.82. The van der Waals surface area contributed by atoms with Crippen LogP contribution in [0.4, 0.5) is 4.79 Å². The van der Waals surface area contributed by atoms with E-state index in [1.54, 1.807) is 0 Å². The Morgan fingerprint density at radius 1 is 0.765 bits per heavy atom. The Bertz CT molecular complexity index is 1380. The summed E-state index contributed by atoms with van der Waals surface area (Å²) >= 11 is 0. The van der Waals surface area contributed by atoms with E-state index in [1.807, 2.05) is 41.5 Å². The number of nitrogens with one attached hydrogen (secondary N) is 4. The summed E-state index contributed by atoms with van der Waals surface area (Å²) in [5, 5.41) is 36.0. The van der Waals surface area contributed by atoms with Crippen molar-refractivity contribution >= 4 is 46.1 Å². The maximum Gasteiger partial charge on any atom is 0.475 e. The van der Waals surface area contributed by atoms with Gasteiger partial charge in [-0.3, -0.25) is 23.5 Å². The quantitative estimate of drug-likeness (QED) is 0.0471. The first kappa shape index (κ1) is 46.2. The Morgan fingerprint density at radius 2 is 1.24 bits per heavy atom. The summed E-state index contributed by atoms with van der Waals surface area (Å²) in [6, 6.07) is 3.66. The number of ether oxygens (including phenoxy) is 1. The monoisotopic (exact) mass is 766 g/mol. The zero-order valence-electron chi connectivity index (χ0n) is 29.7. The molecule has 0 aliphatic rings. The van der Waals surface area contributed by atoms with Gasteiger partial charge in [0.2, 0.25) is 11.8 Å². The molecule has 0 radical (unpaired) electrons. The highest BCUT2D eigenvalue weighted by atomic mass is 31.2. The van der Waals surface area contributed by atoms with E-state index in [0.717, 1.165) is 0 Å². The van der Waals surface area contributed by atoms with Crippen molar-refractivity contribution in [2.45, 2.75) is 103 Å². The number of rotatable bonds is 21. The van der Waals surface area contributed by atoms with Gasteiger partial charge in [-0.25, -0.2) is 4.79 Å². The number of carbonyl (C=O) groups is 4. The van der Waals surface area contributed by atoms with Crippen LogP contribution in [0.15, 0.2) is 24.3 Å². The van der Waals surface area contributed by atoms with Crippen molar-refractivity contribution in [3.63, 3.8) is 0 Å². The molecule has 0 spiro atoms. The molecule has 3 atom stereocenters. The van der Waals surface area contributed by atoms with Crippen LogP contribution in [0.2, 0.25) is 0 Å². The summed E-state index contributed by atoms with van der Waals surface area (Å²) in [6.45, 7) is 10.6. The molecule has 0 aliphatic heterocycles. The molecule has 21 heteroatoms. The molecule has 1 aromatic carbocycles. The number of alkyl carbamates (subject to hydrolysis) is 1. The topological polar surface area (TPSA) is 301 Å². The van der Waals surface area contributed by atoms with Gasteiger partial charge >= 0.3 is 28.4 Å². The van der Waals surface area contributed by atoms with Gasteiger partial charge in [0.1, 0.15) is 18.7 Å². The van der Waals surface area contributed by atoms with Crippen LogP contribution in [0, 0.1) is 17.8 Å². The molecule has 0 saturated heterocycles. The SMILES string of the molecule is CC(C)C[C@H](NC(=O)[C@H](CC(C)C)NC(=O)[C@H](CC(C)C)NC(=O)OCc1ccc(C(=O)NCCCC(O)(P(=O)(O)O)P(=O)(O)O)cc1)B(O)O. The molecule has 1 aromatic rings. The van der Waals surface area contributed by atoms with Gasteiger partial charge in [-0.15, -0.1) is 0 Å². The molecule has 1 rings (SSSR count). The van der Waals surface area contributed by atoms with E-state index >= 15 is 0 Å². The highest BCUT2D eigenvalue weighted by Gasteiger charge is 2.58. The molecule has 0 saturated carbocycles. The highest BCUT2D eigenvalue weighted by molar-refractivity contribution is 7.72. The highest BCUT2D eigenvalue weighted by Crippen LogP contribution is 2.69.